The van der Waals surface area contributed by atoms with Crippen LogP contribution >= 0.6 is 0 Å². The van der Waals surface area contributed by atoms with Gasteiger partial charge in [0.05, 0.1) is 7.11 Å². The smallest absolute Gasteiger partial charge is 0.219 e. The van der Waals surface area contributed by atoms with Crippen molar-refractivity contribution in [3.8, 4) is 5.75 Å². The molecule has 1 atom stereocenters. The van der Waals surface area contributed by atoms with Gasteiger partial charge in [0, 0.05) is 39.1 Å². The van der Waals surface area contributed by atoms with Gasteiger partial charge in [0.25, 0.3) is 0 Å². The lowest BCUT2D eigenvalue weighted by Crippen LogP contribution is -2.48. The molecule has 1 aliphatic carbocycles. The van der Waals surface area contributed by atoms with Gasteiger partial charge >= 0.3 is 0 Å². The first kappa shape index (κ1) is 13.4. The van der Waals surface area contributed by atoms with E-state index in [1.165, 1.54) is 17.5 Å². The van der Waals surface area contributed by atoms with Gasteiger partial charge in [0.2, 0.25) is 5.91 Å². The van der Waals surface area contributed by atoms with E-state index in [1.807, 2.05) is 4.90 Å². The van der Waals surface area contributed by atoms with Crippen LogP contribution in [0.4, 0.5) is 0 Å². The third kappa shape index (κ3) is 2.40. The molecule has 0 aromatic heterocycles. The van der Waals surface area contributed by atoms with Gasteiger partial charge in [-0.3, -0.25) is 9.69 Å². The molecule has 1 heterocycles. The third-order valence-electron chi connectivity index (χ3n) is 4.60. The van der Waals surface area contributed by atoms with Crippen LogP contribution in [-0.4, -0.2) is 49.0 Å². The molecule has 1 aromatic rings. The molecule has 2 aliphatic rings. The predicted octanol–water partition coefficient (Wildman–Crippen LogP) is 1.85. The number of carbonyl (C=O) groups is 1. The minimum atomic E-state index is 0.193. The third-order valence-corrected chi connectivity index (χ3v) is 4.60. The van der Waals surface area contributed by atoms with Gasteiger partial charge in [0.1, 0.15) is 5.75 Å². The maximum atomic E-state index is 11.4. The van der Waals surface area contributed by atoms with Gasteiger partial charge in [0.15, 0.2) is 0 Å². The number of amides is 1. The molecule has 0 N–H and O–H groups in total. The topological polar surface area (TPSA) is 32.8 Å². The van der Waals surface area contributed by atoms with Crippen molar-refractivity contribution in [2.45, 2.75) is 25.8 Å². The summed E-state index contributed by atoms with van der Waals surface area (Å²) in [5.74, 6) is 1.14. The average molecular weight is 274 g/mol. The van der Waals surface area contributed by atoms with E-state index in [4.69, 9.17) is 4.74 Å². The number of nitrogens with zero attached hydrogens (tertiary/aromatic N) is 2. The second-order valence-corrected chi connectivity index (χ2v) is 5.66. The summed E-state index contributed by atoms with van der Waals surface area (Å²) in [6.07, 6.45) is 2.33. The van der Waals surface area contributed by atoms with Gasteiger partial charge in [-0.25, -0.2) is 0 Å². The molecule has 108 valence electrons. The summed E-state index contributed by atoms with van der Waals surface area (Å²) < 4.78 is 5.35. The van der Waals surface area contributed by atoms with E-state index in [0.717, 1.165) is 38.3 Å². The molecular formula is C16H22N2O2. The molecule has 0 bridgehead atoms. The summed E-state index contributed by atoms with van der Waals surface area (Å²) in [5, 5.41) is 0. The number of aryl methyl sites for hydroxylation is 1. The Hall–Kier alpha value is -1.55. The Bertz CT molecular complexity index is 507. The van der Waals surface area contributed by atoms with Crippen molar-refractivity contribution in [3.05, 3.63) is 29.3 Å². The normalized spacial score (nSPS) is 22.7. The second kappa shape index (κ2) is 5.44. The molecule has 4 heteroatoms. The fourth-order valence-electron chi connectivity index (χ4n) is 3.41. The van der Waals surface area contributed by atoms with Crippen LogP contribution in [0.25, 0.3) is 0 Å². The van der Waals surface area contributed by atoms with Crippen LogP contribution in [0.2, 0.25) is 0 Å². The molecule has 0 spiro atoms. The van der Waals surface area contributed by atoms with E-state index in [1.54, 1.807) is 14.0 Å². The highest BCUT2D eigenvalue weighted by Crippen LogP contribution is 2.38. The van der Waals surface area contributed by atoms with Crippen LogP contribution in [-0.2, 0) is 11.2 Å². The number of carbonyl (C=O) groups excluding carboxylic acids is 1. The maximum absolute atomic E-state index is 11.4. The zero-order chi connectivity index (χ0) is 14.1. The fraction of sp³-hybridized carbons (Fsp3) is 0.562. The van der Waals surface area contributed by atoms with E-state index >= 15 is 0 Å². The number of rotatable bonds is 2. The molecule has 0 saturated carbocycles. The Balaban J connectivity index is 1.73. The van der Waals surface area contributed by atoms with Crippen molar-refractivity contribution >= 4 is 5.91 Å². The lowest BCUT2D eigenvalue weighted by Gasteiger charge is -2.38. The molecule has 1 aromatic carbocycles. The number of hydrogen-bond acceptors (Lipinski definition) is 3. The van der Waals surface area contributed by atoms with Crippen LogP contribution in [0.5, 0.6) is 5.75 Å². The number of fused-ring (bicyclic) bond motifs is 1. The summed E-state index contributed by atoms with van der Waals surface area (Å²) in [6.45, 7) is 5.31. The molecule has 3 rings (SSSR count). The summed E-state index contributed by atoms with van der Waals surface area (Å²) in [4.78, 5) is 15.9. The largest absolute Gasteiger partial charge is 0.497 e. The van der Waals surface area contributed by atoms with Crippen LogP contribution in [0.15, 0.2) is 18.2 Å². The van der Waals surface area contributed by atoms with Crippen LogP contribution in [0.1, 0.15) is 30.5 Å². The fourth-order valence-corrected chi connectivity index (χ4v) is 3.41. The zero-order valence-corrected chi connectivity index (χ0v) is 12.3. The SMILES string of the molecule is COc1ccc2c(c1)C(N1CCN(C(C)=O)CC1)CC2. The predicted molar refractivity (Wildman–Crippen MR) is 77.9 cm³/mol. The van der Waals surface area contributed by atoms with E-state index < -0.39 is 0 Å². The first-order valence-electron chi connectivity index (χ1n) is 7.35. The van der Waals surface area contributed by atoms with Gasteiger partial charge in [-0.15, -0.1) is 0 Å². The van der Waals surface area contributed by atoms with E-state index in [0.29, 0.717) is 6.04 Å². The standard InChI is InChI=1S/C16H22N2O2/c1-12(19)17-7-9-18(10-8-17)16-6-4-13-3-5-14(20-2)11-15(13)16/h3,5,11,16H,4,6-10H2,1-2H3. The maximum Gasteiger partial charge on any atom is 0.219 e. The number of methoxy groups -OCH3 is 1. The van der Waals surface area contributed by atoms with Gasteiger partial charge < -0.3 is 9.64 Å². The van der Waals surface area contributed by atoms with Crippen molar-refractivity contribution in [3.63, 3.8) is 0 Å². The second-order valence-electron chi connectivity index (χ2n) is 5.66. The monoisotopic (exact) mass is 274 g/mol. The minimum Gasteiger partial charge on any atom is -0.497 e. The first-order chi connectivity index (χ1) is 9.69. The minimum absolute atomic E-state index is 0.193. The Morgan fingerprint density at radius 1 is 1.25 bits per heavy atom. The summed E-state index contributed by atoms with van der Waals surface area (Å²) in [6, 6.07) is 6.92. The zero-order valence-electron chi connectivity index (χ0n) is 12.3. The lowest BCUT2D eigenvalue weighted by atomic mass is 10.1. The highest BCUT2D eigenvalue weighted by atomic mass is 16.5. The summed E-state index contributed by atoms with van der Waals surface area (Å²) in [7, 11) is 1.72. The van der Waals surface area contributed by atoms with Crippen molar-refractivity contribution in [2.24, 2.45) is 0 Å². The van der Waals surface area contributed by atoms with Gasteiger partial charge in [-0.2, -0.15) is 0 Å². The molecule has 1 amide bonds. The molecule has 1 fully saturated rings. The summed E-state index contributed by atoms with van der Waals surface area (Å²) in [5.41, 5.74) is 2.87. The van der Waals surface area contributed by atoms with E-state index in [-0.39, 0.29) is 5.91 Å². The van der Waals surface area contributed by atoms with Crippen LogP contribution in [0.3, 0.4) is 0 Å². The highest BCUT2D eigenvalue weighted by Gasteiger charge is 2.30. The van der Waals surface area contributed by atoms with E-state index in [2.05, 4.69) is 23.1 Å². The summed E-state index contributed by atoms with van der Waals surface area (Å²) >= 11 is 0. The molecule has 1 unspecified atom stereocenters. The quantitative estimate of drug-likeness (QED) is 0.825. The van der Waals surface area contributed by atoms with Crippen molar-refractivity contribution in [1.29, 1.82) is 0 Å². The Labute approximate surface area is 120 Å². The van der Waals surface area contributed by atoms with Crippen molar-refractivity contribution in [2.75, 3.05) is 33.3 Å². The van der Waals surface area contributed by atoms with Crippen molar-refractivity contribution < 1.29 is 9.53 Å². The first-order valence-corrected chi connectivity index (χ1v) is 7.35. The number of benzene rings is 1. The highest BCUT2D eigenvalue weighted by molar-refractivity contribution is 5.73. The number of hydrogen-bond donors (Lipinski definition) is 0. The van der Waals surface area contributed by atoms with Gasteiger partial charge in [-0.05, 0) is 36.1 Å². The molecule has 0 radical (unpaired) electrons. The molecular weight excluding hydrogens is 252 g/mol. The number of ether oxygens (including phenoxy) is 1. The Kier molecular flexibility index (Phi) is 3.66. The lowest BCUT2D eigenvalue weighted by molar-refractivity contribution is -0.130. The molecule has 20 heavy (non-hydrogen) atoms. The average Bonchev–Trinajstić information content (AvgIpc) is 2.90. The van der Waals surface area contributed by atoms with E-state index in [9.17, 15) is 4.79 Å². The van der Waals surface area contributed by atoms with Crippen LogP contribution in [0, 0.1) is 0 Å². The van der Waals surface area contributed by atoms with Crippen molar-refractivity contribution in [1.82, 2.24) is 9.80 Å². The number of piperazine rings is 1. The molecule has 1 saturated heterocycles. The molecule has 4 nitrogen and oxygen atoms in total. The Morgan fingerprint density at radius 2 is 2.00 bits per heavy atom. The Morgan fingerprint density at radius 3 is 2.65 bits per heavy atom. The van der Waals surface area contributed by atoms with Crippen LogP contribution < -0.4 is 4.74 Å². The molecule has 1 aliphatic heterocycles. The van der Waals surface area contributed by atoms with Gasteiger partial charge in [-0.1, -0.05) is 6.07 Å².